The molecule has 0 aliphatic carbocycles. The van der Waals surface area contributed by atoms with Crippen molar-refractivity contribution in [2.75, 3.05) is 17.6 Å². The maximum absolute atomic E-state index is 11.4. The zero-order valence-electron chi connectivity index (χ0n) is 11.3. The van der Waals surface area contributed by atoms with E-state index in [4.69, 9.17) is 5.73 Å². The van der Waals surface area contributed by atoms with Crippen LogP contribution >= 0.6 is 11.8 Å². The number of hydrogen-bond donors (Lipinski definition) is 3. The highest BCUT2D eigenvalue weighted by atomic mass is 32.2. The molecule has 7 nitrogen and oxygen atoms in total. The first kappa shape index (κ1) is 14.3. The number of nitrogens with two attached hydrogens (primary N) is 1. The molecule has 0 bridgehead atoms. The summed E-state index contributed by atoms with van der Waals surface area (Å²) in [5, 5.41) is 4.26. The van der Waals surface area contributed by atoms with Gasteiger partial charge in [0.25, 0.3) is 5.56 Å². The van der Waals surface area contributed by atoms with E-state index in [2.05, 4.69) is 32.2 Å². The van der Waals surface area contributed by atoms with Crippen molar-refractivity contribution in [2.45, 2.75) is 30.5 Å². The van der Waals surface area contributed by atoms with Gasteiger partial charge in [-0.05, 0) is 25.1 Å². The number of nitrogens with one attached hydrogen (secondary N) is 2. The Labute approximate surface area is 120 Å². The number of aromatic nitrogens is 4. The Balaban J connectivity index is 2.25. The molecule has 0 atom stereocenters. The minimum atomic E-state index is -0.281. The van der Waals surface area contributed by atoms with Crippen LogP contribution in [0, 0.1) is 6.92 Å². The van der Waals surface area contributed by atoms with Crippen LogP contribution in [-0.2, 0) is 0 Å². The van der Waals surface area contributed by atoms with Crippen molar-refractivity contribution in [1.82, 2.24) is 19.9 Å². The molecule has 2 aromatic heterocycles. The maximum Gasteiger partial charge on any atom is 0.253 e. The number of nitrogen functional groups attached to an aromatic ring is 1. The molecule has 2 rings (SSSR count). The summed E-state index contributed by atoms with van der Waals surface area (Å²) in [6.07, 6.45) is 2.72. The van der Waals surface area contributed by atoms with E-state index in [0.717, 1.165) is 23.6 Å². The van der Waals surface area contributed by atoms with Crippen molar-refractivity contribution in [2.24, 2.45) is 0 Å². The summed E-state index contributed by atoms with van der Waals surface area (Å²) in [5.74, 6) is 0.749. The smallest absolute Gasteiger partial charge is 0.253 e. The van der Waals surface area contributed by atoms with E-state index in [-0.39, 0.29) is 11.4 Å². The zero-order valence-corrected chi connectivity index (χ0v) is 12.1. The summed E-state index contributed by atoms with van der Waals surface area (Å²) in [4.78, 5) is 26.7. The van der Waals surface area contributed by atoms with Gasteiger partial charge in [-0.3, -0.25) is 4.79 Å². The fraction of sp³-hybridized carbons (Fsp3) is 0.333. The van der Waals surface area contributed by atoms with Gasteiger partial charge in [-0.15, -0.1) is 0 Å². The van der Waals surface area contributed by atoms with Gasteiger partial charge >= 0.3 is 0 Å². The van der Waals surface area contributed by atoms with Crippen molar-refractivity contribution < 1.29 is 0 Å². The average molecular weight is 292 g/mol. The van der Waals surface area contributed by atoms with Crippen LogP contribution in [-0.4, -0.2) is 26.5 Å². The predicted molar refractivity (Wildman–Crippen MR) is 78.9 cm³/mol. The Hall–Kier alpha value is -2.09. The fourth-order valence-electron chi connectivity index (χ4n) is 1.44. The van der Waals surface area contributed by atoms with E-state index in [9.17, 15) is 4.79 Å². The van der Waals surface area contributed by atoms with Gasteiger partial charge in [0.1, 0.15) is 10.8 Å². The molecule has 8 heteroatoms. The second-order valence-electron chi connectivity index (χ2n) is 4.19. The molecule has 0 aromatic carbocycles. The Morgan fingerprint density at radius 3 is 2.95 bits per heavy atom. The maximum atomic E-state index is 11.4. The third-order valence-corrected chi connectivity index (χ3v) is 3.38. The Morgan fingerprint density at radius 2 is 2.25 bits per heavy atom. The van der Waals surface area contributed by atoms with Crippen molar-refractivity contribution in [3.8, 4) is 0 Å². The third kappa shape index (κ3) is 3.70. The second kappa shape index (κ2) is 6.38. The number of H-pyrrole nitrogens is 1. The first-order chi connectivity index (χ1) is 9.58. The molecule has 0 unspecified atom stereocenters. The Morgan fingerprint density at radius 1 is 1.45 bits per heavy atom. The molecule has 0 saturated carbocycles. The summed E-state index contributed by atoms with van der Waals surface area (Å²) in [6.45, 7) is 4.77. The summed E-state index contributed by atoms with van der Waals surface area (Å²) < 4.78 is 0. The molecule has 4 N–H and O–H groups in total. The van der Waals surface area contributed by atoms with E-state index >= 15 is 0 Å². The van der Waals surface area contributed by atoms with E-state index in [1.165, 1.54) is 17.8 Å². The number of hydrogen-bond acceptors (Lipinski definition) is 7. The molecular formula is C12H16N6OS. The lowest BCUT2D eigenvalue weighted by Gasteiger charge is -2.07. The van der Waals surface area contributed by atoms with Crippen LogP contribution in [0.3, 0.4) is 0 Å². The van der Waals surface area contributed by atoms with Crippen LogP contribution in [0.1, 0.15) is 18.9 Å². The van der Waals surface area contributed by atoms with Crippen LogP contribution in [0.5, 0.6) is 0 Å². The standard InChI is InChI=1S/C12H16N6OS/c1-3-4-14-11-15-6-7(2)10(18-11)20-12-16-8(13)5-9(19)17-12/h5-6H,3-4H2,1-2H3,(H,14,15,18)(H3,13,16,17,19). The molecule has 0 saturated heterocycles. The Bertz CT molecular complexity index is 657. The number of aromatic amines is 1. The molecule has 0 radical (unpaired) electrons. The lowest BCUT2D eigenvalue weighted by Crippen LogP contribution is -2.10. The quantitative estimate of drug-likeness (QED) is 0.564. The Kier molecular flexibility index (Phi) is 4.57. The molecule has 2 heterocycles. The van der Waals surface area contributed by atoms with Crippen LogP contribution in [0.2, 0.25) is 0 Å². The number of nitrogens with zero attached hydrogens (tertiary/aromatic N) is 3. The first-order valence-electron chi connectivity index (χ1n) is 6.20. The summed E-state index contributed by atoms with van der Waals surface area (Å²) in [5.41, 5.74) is 6.18. The summed E-state index contributed by atoms with van der Waals surface area (Å²) in [7, 11) is 0. The summed E-state index contributed by atoms with van der Waals surface area (Å²) >= 11 is 1.25. The summed E-state index contributed by atoms with van der Waals surface area (Å²) in [6, 6.07) is 1.24. The lowest BCUT2D eigenvalue weighted by atomic mass is 10.4. The van der Waals surface area contributed by atoms with Crippen LogP contribution < -0.4 is 16.6 Å². The van der Waals surface area contributed by atoms with Gasteiger partial charge in [0.15, 0.2) is 5.16 Å². The largest absolute Gasteiger partial charge is 0.383 e. The second-order valence-corrected chi connectivity index (χ2v) is 5.16. The number of aryl methyl sites for hydroxylation is 1. The highest BCUT2D eigenvalue weighted by Gasteiger charge is 2.08. The van der Waals surface area contributed by atoms with Crippen LogP contribution in [0.4, 0.5) is 11.8 Å². The van der Waals surface area contributed by atoms with Crippen molar-refractivity contribution in [3.05, 3.63) is 28.2 Å². The van der Waals surface area contributed by atoms with Crippen molar-refractivity contribution in [3.63, 3.8) is 0 Å². The number of rotatable bonds is 5. The molecule has 106 valence electrons. The van der Waals surface area contributed by atoms with Gasteiger partial charge in [0.2, 0.25) is 5.95 Å². The molecule has 0 aliphatic rings. The van der Waals surface area contributed by atoms with Crippen LogP contribution in [0.25, 0.3) is 0 Å². The van der Waals surface area contributed by atoms with Gasteiger partial charge in [-0.2, -0.15) is 0 Å². The monoisotopic (exact) mass is 292 g/mol. The minimum absolute atomic E-state index is 0.187. The van der Waals surface area contributed by atoms with Crippen molar-refractivity contribution in [1.29, 1.82) is 0 Å². The molecule has 0 amide bonds. The van der Waals surface area contributed by atoms with Crippen LogP contribution in [0.15, 0.2) is 27.2 Å². The number of anilines is 2. The van der Waals surface area contributed by atoms with E-state index in [0.29, 0.717) is 11.1 Å². The zero-order chi connectivity index (χ0) is 14.5. The predicted octanol–water partition coefficient (Wildman–Crippen LogP) is 1.42. The van der Waals surface area contributed by atoms with Crippen molar-refractivity contribution >= 4 is 23.5 Å². The van der Waals surface area contributed by atoms with E-state index < -0.39 is 0 Å². The minimum Gasteiger partial charge on any atom is -0.383 e. The highest BCUT2D eigenvalue weighted by Crippen LogP contribution is 2.25. The molecule has 0 aliphatic heterocycles. The first-order valence-corrected chi connectivity index (χ1v) is 7.02. The normalized spacial score (nSPS) is 10.5. The van der Waals surface area contributed by atoms with Gasteiger partial charge in [0, 0.05) is 24.4 Å². The van der Waals surface area contributed by atoms with E-state index in [1.807, 2.05) is 6.92 Å². The van der Waals surface area contributed by atoms with Gasteiger partial charge < -0.3 is 16.0 Å². The SMILES string of the molecule is CCCNc1ncc(C)c(Sc2nc(N)cc(=O)[nH]2)n1. The average Bonchev–Trinajstić information content (AvgIpc) is 2.38. The highest BCUT2D eigenvalue weighted by molar-refractivity contribution is 7.99. The van der Waals surface area contributed by atoms with Gasteiger partial charge in [-0.1, -0.05) is 6.92 Å². The van der Waals surface area contributed by atoms with Gasteiger partial charge in [0.05, 0.1) is 0 Å². The van der Waals surface area contributed by atoms with E-state index in [1.54, 1.807) is 6.20 Å². The fourth-order valence-corrected chi connectivity index (χ4v) is 2.28. The lowest BCUT2D eigenvalue weighted by molar-refractivity contribution is 0.912. The molecular weight excluding hydrogens is 276 g/mol. The molecule has 2 aromatic rings. The molecule has 0 fully saturated rings. The molecule has 20 heavy (non-hydrogen) atoms. The van der Waals surface area contributed by atoms with Gasteiger partial charge in [-0.25, -0.2) is 15.0 Å². The molecule has 0 spiro atoms. The topological polar surface area (TPSA) is 110 Å². The third-order valence-electron chi connectivity index (χ3n) is 2.39.